The molecule has 1 aromatic carbocycles. The molecule has 0 bridgehead atoms. The van der Waals surface area contributed by atoms with Gasteiger partial charge < -0.3 is 10.6 Å². The summed E-state index contributed by atoms with van der Waals surface area (Å²) in [7, 11) is 0. The van der Waals surface area contributed by atoms with Crippen molar-refractivity contribution in [1.29, 1.82) is 0 Å². The zero-order valence-electron chi connectivity index (χ0n) is 13.0. The Morgan fingerprint density at radius 1 is 1.24 bits per heavy atom. The lowest BCUT2D eigenvalue weighted by atomic mass is 10.2. The van der Waals surface area contributed by atoms with E-state index in [-0.39, 0.29) is 5.91 Å². The van der Waals surface area contributed by atoms with Crippen LogP contribution in [0.4, 0.5) is 0 Å². The van der Waals surface area contributed by atoms with Crippen molar-refractivity contribution in [2.24, 2.45) is 0 Å². The van der Waals surface area contributed by atoms with Crippen LogP contribution in [0.2, 0.25) is 0 Å². The average molecular weight is 306 g/mol. The molecule has 2 N–H and O–H groups in total. The van der Waals surface area contributed by atoms with E-state index in [1.165, 1.54) is 18.4 Å². The molecule has 0 atom stereocenters. The van der Waals surface area contributed by atoms with Crippen molar-refractivity contribution in [2.45, 2.75) is 63.1 Å². The summed E-state index contributed by atoms with van der Waals surface area (Å²) >= 11 is 1.60. The fourth-order valence-corrected chi connectivity index (χ4v) is 2.87. The Morgan fingerprint density at radius 2 is 1.90 bits per heavy atom. The van der Waals surface area contributed by atoms with Crippen LogP contribution in [0.15, 0.2) is 29.2 Å². The van der Waals surface area contributed by atoms with E-state index >= 15 is 0 Å². The Balaban J connectivity index is 1.70. The first-order valence-electron chi connectivity index (χ1n) is 7.95. The van der Waals surface area contributed by atoms with Crippen LogP contribution in [0.5, 0.6) is 0 Å². The Kier molecular flexibility index (Phi) is 6.58. The van der Waals surface area contributed by atoms with Gasteiger partial charge in [-0.2, -0.15) is 0 Å². The van der Waals surface area contributed by atoms with Crippen molar-refractivity contribution < 1.29 is 4.79 Å². The number of benzene rings is 1. The summed E-state index contributed by atoms with van der Waals surface area (Å²) in [6.45, 7) is 5.16. The molecule has 1 fully saturated rings. The van der Waals surface area contributed by atoms with Crippen LogP contribution in [-0.2, 0) is 11.3 Å². The van der Waals surface area contributed by atoms with Crippen LogP contribution in [-0.4, -0.2) is 23.7 Å². The summed E-state index contributed by atoms with van der Waals surface area (Å²) in [4.78, 5) is 13.0. The molecule has 4 heteroatoms. The second-order valence-corrected chi connectivity index (χ2v) is 6.72. The normalized spacial score (nSPS) is 14.4. The van der Waals surface area contributed by atoms with Crippen LogP contribution >= 0.6 is 11.8 Å². The van der Waals surface area contributed by atoms with Gasteiger partial charge in [-0.1, -0.05) is 26.0 Å². The highest BCUT2D eigenvalue weighted by Crippen LogP contribution is 2.21. The molecule has 0 spiro atoms. The molecule has 1 aliphatic rings. The van der Waals surface area contributed by atoms with Gasteiger partial charge >= 0.3 is 0 Å². The van der Waals surface area contributed by atoms with Crippen LogP contribution < -0.4 is 10.6 Å². The van der Waals surface area contributed by atoms with Crippen molar-refractivity contribution in [3.05, 3.63) is 29.8 Å². The smallest absolute Gasteiger partial charge is 0.230 e. The molecule has 1 amide bonds. The highest BCUT2D eigenvalue weighted by Gasteiger charge is 2.19. The molecule has 1 aliphatic carbocycles. The number of carbonyl (C=O) groups excluding carboxylic acids is 1. The van der Waals surface area contributed by atoms with Gasteiger partial charge in [0.25, 0.3) is 0 Å². The molecule has 0 unspecified atom stereocenters. The maximum absolute atomic E-state index is 11.9. The molecule has 2 rings (SSSR count). The SMILES string of the molecule is CCC(CC)NC(=O)CSc1ccc(CNC2CC2)cc1. The topological polar surface area (TPSA) is 41.1 Å². The molecule has 0 heterocycles. The molecule has 1 saturated carbocycles. The van der Waals surface area contributed by atoms with Crippen LogP contribution in [0.25, 0.3) is 0 Å². The van der Waals surface area contributed by atoms with E-state index in [1.807, 2.05) is 0 Å². The van der Waals surface area contributed by atoms with Gasteiger partial charge in [-0.25, -0.2) is 0 Å². The van der Waals surface area contributed by atoms with E-state index in [0.717, 1.165) is 30.3 Å². The average Bonchev–Trinajstić information content (AvgIpc) is 3.34. The molecule has 3 nitrogen and oxygen atoms in total. The molecular formula is C17H26N2OS. The first-order valence-corrected chi connectivity index (χ1v) is 8.94. The maximum Gasteiger partial charge on any atom is 0.230 e. The number of hydrogen-bond acceptors (Lipinski definition) is 3. The summed E-state index contributed by atoms with van der Waals surface area (Å²) in [6.07, 6.45) is 4.63. The largest absolute Gasteiger partial charge is 0.353 e. The number of rotatable bonds is 9. The Labute approximate surface area is 132 Å². The van der Waals surface area contributed by atoms with Gasteiger partial charge in [-0.3, -0.25) is 4.79 Å². The minimum atomic E-state index is 0.133. The van der Waals surface area contributed by atoms with Gasteiger partial charge in [0.2, 0.25) is 5.91 Å². The predicted molar refractivity (Wildman–Crippen MR) is 89.5 cm³/mol. The molecule has 21 heavy (non-hydrogen) atoms. The fourth-order valence-electron chi connectivity index (χ4n) is 2.16. The fraction of sp³-hybridized carbons (Fsp3) is 0.588. The molecule has 0 radical (unpaired) electrons. The standard InChI is InChI=1S/C17H26N2OS/c1-3-14(4-2)19-17(20)12-21-16-9-5-13(6-10-16)11-18-15-7-8-15/h5-6,9-10,14-15,18H,3-4,7-8,11-12H2,1-2H3,(H,19,20). The van der Waals surface area contributed by atoms with Gasteiger partial charge in [-0.05, 0) is 43.4 Å². The van der Waals surface area contributed by atoms with Gasteiger partial charge in [0.05, 0.1) is 5.75 Å². The van der Waals surface area contributed by atoms with Gasteiger partial charge in [0.1, 0.15) is 0 Å². The van der Waals surface area contributed by atoms with E-state index < -0.39 is 0 Å². The van der Waals surface area contributed by atoms with Crippen molar-refractivity contribution >= 4 is 17.7 Å². The zero-order valence-corrected chi connectivity index (χ0v) is 13.8. The Hall–Kier alpha value is -1.00. The van der Waals surface area contributed by atoms with Crippen molar-refractivity contribution in [3.8, 4) is 0 Å². The minimum absolute atomic E-state index is 0.133. The number of nitrogens with one attached hydrogen (secondary N) is 2. The molecule has 0 aromatic heterocycles. The first-order chi connectivity index (χ1) is 10.2. The second-order valence-electron chi connectivity index (χ2n) is 5.67. The zero-order chi connectivity index (χ0) is 15.1. The summed E-state index contributed by atoms with van der Waals surface area (Å²) in [5.74, 6) is 0.629. The monoisotopic (exact) mass is 306 g/mol. The summed E-state index contributed by atoms with van der Waals surface area (Å²) in [5.41, 5.74) is 1.31. The van der Waals surface area contributed by atoms with Gasteiger partial charge in [0, 0.05) is 23.5 Å². The highest BCUT2D eigenvalue weighted by atomic mass is 32.2. The van der Waals surface area contributed by atoms with E-state index in [2.05, 4.69) is 48.7 Å². The lowest BCUT2D eigenvalue weighted by molar-refractivity contribution is -0.119. The highest BCUT2D eigenvalue weighted by molar-refractivity contribution is 8.00. The minimum Gasteiger partial charge on any atom is -0.353 e. The van der Waals surface area contributed by atoms with Crippen LogP contribution in [0.1, 0.15) is 45.1 Å². The second kappa shape index (κ2) is 8.44. The third kappa shape index (κ3) is 6.10. The summed E-state index contributed by atoms with van der Waals surface area (Å²) < 4.78 is 0. The lowest BCUT2D eigenvalue weighted by Crippen LogP contribution is -2.34. The summed E-state index contributed by atoms with van der Waals surface area (Å²) in [6, 6.07) is 9.58. The van der Waals surface area contributed by atoms with Crippen LogP contribution in [0.3, 0.4) is 0 Å². The quantitative estimate of drug-likeness (QED) is 0.688. The predicted octanol–water partition coefficient (Wildman–Crippen LogP) is 3.34. The van der Waals surface area contributed by atoms with Crippen molar-refractivity contribution in [2.75, 3.05) is 5.75 Å². The van der Waals surface area contributed by atoms with Gasteiger partial charge in [0.15, 0.2) is 0 Å². The Bertz CT molecular complexity index is 439. The number of carbonyl (C=O) groups is 1. The molecule has 116 valence electrons. The van der Waals surface area contributed by atoms with E-state index in [4.69, 9.17) is 0 Å². The molecule has 1 aromatic rings. The summed E-state index contributed by atoms with van der Waals surface area (Å²) in [5, 5.41) is 6.57. The first kappa shape index (κ1) is 16.4. The van der Waals surface area contributed by atoms with E-state index in [0.29, 0.717) is 11.8 Å². The molecule has 0 saturated heterocycles. The third-order valence-corrected chi connectivity index (χ3v) is 4.83. The van der Waals surface area contributed by atoms with Crippen molar-refractivity contribution in [1.82, 2.24) is 10.6 Å². The third-order valence-electron chi connectivity index (χ3n) is 3.82. The van der Waals surface area contributed by atoms with Gasteiger partial charge in [-0.15, -0.1) is 11.8 Å². The van der Waals surface area contributed by atoms with Crippen molar-refractivity contribution in [3.63, 3.8) is 0 Å². The molecule has 0 aliphatic heterocycles. The van der Waals surface area contributed by atoms with E-state index in [1.54, 1.807) is 11.8 Å². The number of hydrogen-bond donors (Lipinski definition) is 2. The Morgan fingerprint density at radius 3 is 2.48 bits per heavy atom. The lowest BCUT2D eigenvalue weighted by Gasteiger charge is -2.14. The number of amides is 1. The molecular weight excluding hydrogens is 280 g/mol. The van der Waals surface area contributed by atoms with E-state index in [9.17, 15) is 4.79 Å². The maximum atomic E-state index is 11.9. The number of thioether (sulfide) groups is 1. The van der Waals surface area contributed by atoms with Crippen LogP contribution in [0, 0.1) is 0 Å².